The summed E-state index contributed by atoms with van der Waals surface area (Å²) >= 11 is 0. The summed E-state index contributed by atoms with van der Waals surface area (Å²) in [7, 11) is 7.63. The summed E-state index contributed by atoms with van der Waals surface area (Å²) in [5, 5.41) is 0.728. The van der Waals surface area contributed by atoms with E-state index < -0.39 is 0 Å². The van der Waals surface area contributed by atoms with Gasteiger partial charge in [0.25, 0.3) is 0 Å². The van der Waals surface area contributed by atoms with E-state index in [1.165, 1.54) is 6.33 Å². The summed E-state index contributed by atoms with van der Waals surface area (Å²) in [5.74, 6) is 10.4. The molecule has 1 saturated carbocycles. The second kappa shape index (κ2) is 11.3. The summed E-state index contributed by atoms with van der Waals surface area (Å²) in [6.45, 7) is 2.50. The number of hydrogen-bond donors (Lipinski definition) is 1. The van der Waals surface area contributed by atoms with Gasteiger partial charge in [-0.15, -0.1) is 0 Å². The first kappa shape index (κ1) is 27.5. The highest BCUT2D eigenvalue weighted by atomic mass is 16.5. The first-order valence-corrected chi connectivity index (χ1v) is 14.2. The topological polar surface area (TPSA) is 112 Å². The summed E-state index contributed by atoms with van der Waals surface area (Å²) in [4.78, 5) is 29.8. The minimum absolute atomic E-state index is 0.253. The predicted octanol–water partition coefficient (Wildman–Crippen LogP) is 3.81. The maximum Gasteiger partial charge on any atom is 0.222 e. The number of rotatable bonds is 8. The third kappa shape index (κ3) is 5.23. The highest BCUT2D eigenvalue weighted by Gasteiger charge is 2.55. The number of anilines is 1. The first-order chi connectivity index (χ1) is 20.4. The number of hydrogen-bond acceptors (Lipinski definition) is 8. The summed E-state index contributed by atoms with van der Waals surface area (Å²) in [6, 6.07) is 11.1. The van der Waals surface area contributed by atoms with Gasteiger partial charge < -0.3 is 29.6 Å². The number of nitrogen functional groups attached to an aromatic ring is 1. The van der Waals surface area contributed by atoms with Crippen LogP contribution in [-0.4, -0.2) is 76.1 Å². The zero-order chi connectivity index (χ0) is 29.4. The van der Waals surface area contributed by atoms with Crippen molar-refractivity contribution in [1.29, 1.82) is 0 Å². The average Bonchev–Trinajstić information content (AvgIpc) is 3.29. The van der Waals surface area contributed by atoms with Crippen LogP contribution >= 0.6 is 0 Å². The Kier molecular flexibility index (Phi) is 7.43. The van der Waals surface area contributed by atoms with E-state index in [9.17, 15) is 4.79 Å². The molecule has 0 unspecified atom stereocenters. The number of methoxy groups -OCH3 is 1. The van der Waals surface area contributed by atoms with Gasteiger partial charge in [0.1, 0.15) is 35.0 Å². The number of ether oxygens (including phenoxy) is 2. The number of carbonyl (C=O) groups excluding carboxylic acids is 1. The molecule has 2 fully saturated rings. The zero-order valence-electron chi connectivity index (χ0n) is 24.4. The maximum absolute atomic E-state index is 12.7. The molecule has 4 heterocycles. The van der Waals surface area contributed by atoms with Gasteiger partial charge in [0.15, 0.2) is 0 Å². The Morgan fingerprint density at radius 3 is 2.67 bits per heavy atom. The van der Waals surface area contributed by atoms with Crippen LogP contribution in [0.2, 0.25) is 0 Å². The lowest BCUT2D eigenvalue weighted by Gasteiger charge is -2.19. The largest absolute Gasteiger partial charge is 0.496 e. The van der Waals surface area contributed by atoms with E-state index in [-0.39, 0.29) is 11.8 Å². The quantitative estimate of drug-likeness (QED) is 0.321. The van der Waals surface area contributed by atoms with Crippen molar-refractivity contribution in [3.8, 4) is 40.3 Å². The van der Waals surface area contributed by atoms with Crippen LogP contribution < -0.4 is 15.2 Å². The number of likely N-dealkylation sites (tertiary alicyclic amines) is 1. The number of aryl methyl sites for hydroxylation is 1. The van der Waals surface area contributed by atoms with Crippen LogP contribution in [-0.2, 0) is 11.8 Å². The molecule has 0 spiro atoms. The summed E-state index contributed by atoms with van der Waals surface area (Å²) in [6.07, 6.45) is 4.63. The van der Waals surface area contributed by atoms with Crippen molar-refractivity contribution in [3.63, 3.8) is 0 Å². The Labute approximate surface area is 245 Å². The number of piperidine rings is 1. The number of carbonyl (C=O) groups is 1. The molecule has 1 aliphatic heterocycles. The van der Waals surface area contributed by atoms with Gasteiger partial charge in [-0.3, -0.25) is 4.79 Å². The third-order valence-electron chi connectivity index (χ3n) is 8.20. The Morgan fingerprint density at radius 1 is 1.14 bits per heavy atom. The normalized spacial score (nSPS) is 19.0. The number of nitrogens with zero attached hydrogens (tertiary/aromatic N) is 6. The van der Waals surface area contributed by atoms with Crippen molar-refractivity contribution >= 4 is 22.8 Å². The molecular weight excluding hydrogens is 530 g/mol. The zero-order valence-corrected chi connectivity index (χ0v) is 24.4. The van der Waals surface area contributed by atoms with Gasteiger partial charge in [0.05, 0.1) is 12.5 Å². The molecule has 216 valence electrons. The Morgan fingerprint density at radius 2 is 1.95 bits per heavy atom. The molecule has 3 atom stereocenters. The standard InChI is InChI=1S/C32H35N7O3/c1-37(2)15-7-9-28(40)39-17-23-21(24(23)18-39)12-13-25-29(30-31(33)35-19-36-32(30)38(25)3)22-11-10-20(16-26(22)41-4)42-27-8-5-6-14-34-27/h5-6,8,10-11,14,16,19,21,23-24H,7,9,15,17-18H2,1-4H3,(H2,33,35,36)/t21-,23-,24+. The molecule has 10 heteroatoms. The molecule has 42 heavy (non-hydrogen) atoms. The van der Waals surface area contributed by atoms with Crippen LogP contribution in [0.5, 0.6) is 17.4 Å². The summed E-state index contributed by atoms with van der Waals surface area (Å²) in [5.41, 5.74) is 9.53. The minimum Gasteiger partial charge on any atom is -0.496 e. The van der Waals surface area contributed by atoms with Crippen molar-refractivity contribution < 1.29 is 14.3 Å². The van der Waals surface area contributed by atoms with Crippen molar-refractivity contribution in [2.75, 3.05) is 46.6 Å². The van der Waals surface area contributed by atoms with Crippen LogP contribution in [0.15, 0.2) is 48.9 Å². The molecule has 2 N–H and O–H groups in total. The van der Waals surface area contributed by atoms with Crippen LogP contribution in [0.3, 0.4) is 0 Å². The first-order valence-electron chi connectivity index (χ1n) is 14.2. The Bertz CT molecular complexity index is 1680. The number of fused-ring (bicyclic) bond motifs is 2. The fourth-order valence-electron chi connectivity index (χ4n) is 5.95. The van der Waals surface area contributed by atoms with Crippen molar-refractivity contribution in [1.82, 2.24) is 29.3 Å². The third-order valence-corrected chi connectivity index (χ3v) is 8.20. The van der Waals surface area contributed by atoms with E-state index >= 15 is 0 Å². The molecule has 1 aliphatic carbocycles. The lowest BCUT2D eigenvalue weighted by molar-refractivity contribution is -0.130. The molecule has 10 nitrogen and oxygen atoms in total. The molecular formula is C32H35N7O3. The van der Waals surface area contributed by atoms with Crippen LogP contribution in [0.1, 0.15) is 18.5 Å². The van der Waals surface area contributed by atoms with E-state index in [0.29, 0.717) is 47.1 Å². The van der Waals surface area contributed by atoms with E-state index in [2.05, 4.69) is 31.7 Å². The molecule has 1 aromatic carbocycles. The number of nitrogens with two attached hydrogens (primary N) is 1. The maximum atomic E-state index is 12.7. The van der Waals surface area contributed by atoms with Gasteiger partial charge >= 0.3 is 0 Å². The molecule has 1 amide bonds. The van der Waals surface area contributed by atoms with Gasteiger partial charge in [0, 0.05) is 61.9 Å². The van der Waals surface area contributed by atoms with Crippen LogP contribution in [0.25, 0.3) is 22.2 Å². The van der Waals surface area contributed by atoms with Gasteiger partial charge in [-0.05, 0) is 63.0 Å². The van der Waals surface area contributed by atoms with Crippen LogP contribution in [0.4, 0.5) is 5.82 Å². The molecule has 1 saturated heterocycles. The highest BCUT2D eigenvalue weighted by Crippen LogP contribution is 2.51. The van der Waals surface area contributed by atoms with E-state index in [1.54, 1.807) is 19.4 Å². The van der Waals surface area contributed by atoms with Gasteiger partial charge in [-0.25, -0.2) is 15.0 Å². The van der Waals surface area contributed by atoms with Gasteiger partial charge in [0.2, 0.25) is 11.8 Å². The van der Waals surface area contributed by atoms with Crippen molar-refractivity contribution in [2.45, 2.75) is 12.8 Å². The van der Waals surface area contributed by atoms with Crippen molar-refractivity contribution in [2.24, 2.45) is 24.8 Å². The number of amides is 1. The van der Waals surface area contributed by atoms with E-state index in [1.807, 2.05) is 60.9 Å². The van der Waals surface area contributed by atoms with Crippen LogP contribution in [0, 0.1) is 29.6 Å². The van der Waals surface area contributed by atoms with E-state index in [0.717, 1.165) is 48.3 Å². The molecule has 0 bridgehead atoms. The molecule has 3 aromatic heterocycles. The Hall–Kier alpha value is -4.62. The van der Waals surface area contributed by atoms with E-state index in [4.69, 9.17) is 15.2 Å². The lowest BCUT2D eigenvalue weighted by Crippen LogP contribution is -2.31. The SMILES string of the molecule is COc1cc(Oc2ccccn2)ccc1-c1c(C#C[C@@H]2[C@H]3CN(C(=O)CCCN(C)C)C[C@@H]23)n(C)c2ncnc(N)c12. The smallest absolute Gasteiger partial charge is 0.222 e. The molecule has 6 rings (SSSR count). The summed E-state index contributed by atoms with van der Waals surface area (Å²) < 4.78 is 13.7. The van der Waals surface area contributed by atoms with Crippen molar-refractivity contribution in [3.05, 3.63) is 54.6 Å². The van der Waals surface area contributed by atoms with Gasteiger partial charge in [-0.2, -0.15) is 0 Å². The monoisotopic (exact) mass is 565 g/mol. The predicted molar refractivity (Wildman–Crippen MR) is 161 cm³/mol. The molecule has 4 aromatic rings. The molecule has 0 radical (unpaired) electrons. The number of aromatic nitrogens is 4. The fraction of sp³-hybridized carbons (Fsp3) is 0.375. The number of benzene rings is 1. The Balaban J connectivity index is 1.28. The second-order valence-electron chi connectivity index (χ2n) is 11.2. The highest BCUT2D eigenvalue weighted by molar-refractivity contribution is 6.04. The minimum atomic E-state index is 0.253. The molecule has 2 aliphatic rings. The second-order valence-corrected chi connectivity index (χ2v) is 11.2. The average molecular weight is 566 g/mol. The lowest BCUT2D eigenvalue weighted by atomic mass is 10.0. The number of pyridine rings is 1. The van der Waals surface area contributed by atoms with Gasteiger partial charge in [-0.1, -0.05) is 12.0 Å². The fourth-order valence-corrected chi connectivity index (χ4v) is 5.95.